The Kier molecular flexibility index (Phi) is 4.38. The molecule has 1 atom stereocenters. The maximum Gasteiger partial charge on any atom is 0.253 e. The standard InChI is InChI=1S/C16H23N5O/c1-11(2)10-21-15-12(8-19-21)6-13(7-18-15)16(22)20-14-4-3-5-17-9-14/h6-8,11,14,17H,3-5,9-10H2,1-2H3,(H,20,22)/t14-/m0/s1. The Bertz CT molecular complexity index is 658. The molecule has 0 aliphatic carbocycles. The van der Waals surface area contributed by atoms with Crippen LogP contribution in [-0.2, 0) is 6.54 Å². The minimum atomic E-state index is -0.0558. The first-order chi connectivity index (χ1) is 10.6. The lowest BCUT2D eigenvalue weighted by molar-refractivity contribution is 0.0930. The van der Waals surface area contributed by atoms with Crippen molar-refractivity contribution in [1.82, 2.24) is 25.4 Å². The van der Waals surface area contributed by atoms with Crippen LogP contribution in [0.1, 0.15) is 37.0 Å². The zero-order valence-electron chi connectivity index (χ0n) is 13.2. The highest BCUT2D eigenvalue weighted by Crippen LogP contribution is 2.15. The molecule has 2 N–H and O–H groups in total. The number of fused-ring (bicyclic) bond motifs is 1. The summed E-state index contributed by atoms with van der Waals surface area (Å²) in [6.07, 6.45) is 5.56. The van der Waals surface area contributed by atoms with Gasteiger partial charge in [0.05, 0.1) is 11.8 Å². The second kappa shape index (κ2) is 6.44. The molecule has 0 radical (unpaired) electrons. The molecular formula is C16H23N5O. The molecule has 1 aliphatic rings. The SMILES string of the molecule is CC(C)Cn1ncc2cc(C(=O)N[C@H]3CCCNC3)cnc21. The molecule has 1 amide bonds. The van der Waals surface area contributed by atoms with Crippen LogP contribution in [0.15, 0.2) is 18.5 Å². The van der Waals surface area contributed by atoms with Gasteiger partial charge < -0.3 is 10.6 Å². The molecule has 0 saturated carbocycles. The second-order valence-electron chi connectivity index (χ2n) is 6.37. The van der Waals surface area contributed by atoms with Crippen LogP contribution < -0.4 is 10.6 Å². The van der Waals surface area contributed by atoms with Crippen molar-refractivity contribution in [2.75, 3.05) is 13.1 Å². The predicted molar refractivity (Wildman–Crippen MR) is 85.7 cm³/mol. The fraction of sp³-hybridized carbons (Fsp3) is 0.562. The van der Waals surface area contributed by atoms with Crippen LogP contribution in [0.25, 0.3) is 11.0 Å². The van der Waals surface area contributed by atoms with Gasteiger partial charge in [-0.1, -0.05) is 13.8 Å². The van der Waals surface area contributed by atoms with Crippen LogP contribution in [0.5, 0.6) is 0 Å². The number of carbonyl (C=O) groups excluding carboxylic acids is 1. The molecule has 3 rings (SSSR count). The van der Waals surface area contributed by atoms with E-state index in [1.54, 1.807) is 12.4 Å². The highest BCUT2D eigenvalue weighted by molar-refractivity contribution is 5.97. The van der Waals surface area contributed by atoms with Gasteiger partial charge in [0.1, 0.15) is 0 Å². The van der Waals surface area contributed by atoms with Gasteiger partial charge in [-0.3, -0.25) is 4.79 Å². The molecule has 1 saturated heterocycles. The molecule has 2 aromatic heterocycles. The maximum atomic E-state index is 12.3. The van der Waals surface area contributed by atoms with E-state index in [9.17, 15) is 4.79 Å². The van der Waals surface area contributed by atoms with Crippen molar-refractivity contribution >= 4 is 16.9 Å². The first-order valence-electron chi connectivity index (χ1n) is 7.96. The minimum Gasteiger partial charge on any atom is -0.348 e. The number of amides is 1. The molecule has 118 valence electrons. The van der Waals surface area contributed by atoms with Gasteiger partial charge in [-0.25, -0.2) is 9.67 Å². The molecule has 6 heteroatoms. The van der Waals surface area contributed by atoms with Gasteiger partial charge in [0, 0.05) is 30.7 Å². The average molecular weight is 301 g/mol. The lowest BCUT2D eigenvalue weighted by Gasteiger charge is -2.23. The summed E-state index contributed by atoms with van der Waals surface area (Å²) in [5.41, 5.74) is 1.44. The number of nitrogens with zero attached hydrogens (tertiary/aromatic N) is 3. The number of piperidine rings is 1. The van der Waals surface area contributed by atoms with Crippen molar-refractivity contribution in [2.45, 2.75) is 39.3 Å². The van der Waals surface area contributed by atoms with E-state index >= 15 is 0 Å². The highest BCUT2D eigenvalue weighted by Gasteiger charge is 2.17. The molecular weight excluding hydrogens is 278 g/mol. The van der Waals surface area contributed by atoms with Crippen molar-refractivity contribution in [3.05, 3.63) is 24.0 Å². The summed E-state index contributed by atoms with van der Waals surface area (Å²) in [5, 5.41) is 11.6. The number of pyridine rings is 1. The number of hydrogen-bond donors (Lipinski definition) is 2. The monoisotopic (exact) mass is 301 g/mol. The van der Waals surface area contributed by atoms with Gasteiger partial charge in [0.2, 0.25) is 0 Å². The Morgan fingerprint density at radius 2 is 2.36 bits per heavy atom. The summed E-state index contributed by atoms with van der Waals surface area (Å²) < 4.78 is 1.90. The molecule has 0 unspecified atom stereocenters. The van der Waals surface area contributed by atoms with Crippen molar-refractivity contribution in [2.24, 2.45) is 5.92 Å². The lowest BCUT2D eigenvalue weighted by Crippen LogP contribution is -2.45. The molecule has 2 aromatic rings. The average Bonchev–Trinajstić information content (AvgIpc) is 2.90. The summed E-state index contributed by atoms with van der Waals surface area (Å²) >= 11 is 0. The van der Waals surface area contributed by atoms with E-state index < -0.39 is 0 Å². The Labute approximate surface area is 130 Å². The summed E-state index contributed by atoms with van der Waals surface area (Å²) in [5.74, 6) is 0.450. The molecule has 3 heterocycles. The fourth-order valence-corrected chi connectivity index (χ4v) is 2.82. The molecule has 1 aliphatic heterocycles. The zero-order chi connectivity index (χ0) is 15.5. The van der Waals surface area contributed by atoms with E-state index in [-0.39, 0.29) is 11.9 Å². The summed E-state index contributed by atoms with van der Waals surface area (Å²) in [7, 11) is 0. The molecule has 0 bridgehead atoms. The smallest absolute Gasteiger partial charge is 0.253 e. The van der Waals surface area contributed by atoms with E-state index in [0.29, 0.717) is 11.5 Å². The zero-order valence-corrected chi connectivity index (χ0v) is 13.2. The Morgan fingerprint density at radius 1 is 1.50 bits per heavy atom. The second-order valence-corrected chi connectivity index (χ2v) is 6.37. The number of nitrogens with one attached hydrogen (secondary N) is 2. The van der Waals surface area contributed by atoms with Crippen LogP contribution in [0.4, 0.5) is 0 Å². The van der Waals surface area contributed by atoms with Crippen LogP contribution >= 0.6 is 0 Å². The highest BCUT2D eigenvalue weighted by atomic mass is 16.1. The maximum absolute atomic E-state index is 12.3. The predicted octanol–water partition coefficient (Wildman–Crippen LogP) is 1.57. The lowest BCUT2D eigenvalue weighted by atomic mass is 10.1. The summed E-state index contributed by atoms with van der Waals surface area (Å²) in [6, 6.07) is 2.08. The Balaban J connectivity index is 1.75. The number of hydrogen-bond acceptors (Lipinski definition) is 4. The third kappa shape index (κ3) is 3.27. The van der Waals surface area contributed by atoms with Gasteiger partial charge >= 0.3 is 0 Å². The summed E-state index contributed by atoms with van der Waals surface area (Å²) in [4.78, 5) is 16.8. The van der Waals surface area contributed by atoms with Crippen LogP contribution in [-0.4, -0.2) is 39.8 Å². The molecule has 22 heavy (non-hydrogen) atoms. The molecule has 0 aromatic carbocycles. The van der Waals surface area contributed by atoms with Crippen LogP contribution in [0, 0.1) is 5.92 Å². The first kappa shape index (κ1) is 15.0. The van der Waals surface area contributed by atoms with E-state index in [4.69, 9.17) is 0 Å². The topological polar surface area (TPSA) is 71.8 Å². The van der Waals surface area contributed by atoms with Crippen LogP contribution in [0.2, 0.25) is 0 Å². The fourth-order valence-electron chi connectivity index (χ4n) is 2.82. The summed E-state index contributed by atoms with van der Waals surface area (Å²) in [6.45, 7) is 7.00. The largest absolute Gasteiger partial charge is 0.348 e. The van der Waals surface area contributed by atoms with Gasteiger partial charge in [-0.2, -0.15) is 5.10 Å². The van der Waals surface area contributed by atoms with Crippen LogP contribution in [0.3, 0.4) is 0 Å². The van der Waals surface area contributed by atoms with Gasteiger partial charge in [-0.15, -0.1) is 0 Å². The number of carbonyl (C=O) groups is 1. The third-order valence-electron chi connectivity index (χ3n) is 3.91. The van der Waals surface area contributed by atoms with Crippen molar-refractivity contribution in [3.8, 4) is 0 Å². The quantitative estimate of drug-likeness (QED) is 0.899. The van der Waals surface area contributed by atoms with E-state index in [1.807, 2.05) is 10.7 Å². The van der Waals surface area contributed by atoms with Gasteiger partial charge in [-0.05, 0) is 31.4 Å². The van der Waals surface area contributed by atoms with E-state index in [2.05, 4.69) is 34.6 Å². The first-order valence-corrected chi connectivity index (χ1v) is 7.96. The van der Waals surface area contributed by atoms with Gasteiger partial charge in [0.15, 0.2) is 5.65 Å². The Morgan fingerprint density at radius 3 is 3.09 bits per heavy atom. The van der Waals surface area contributed by atoms with E-state index in [1.165, 1.54) is 0 Å². The van der Waals surface area contributed by atoms with E-state index in [0.717, 1.165) is 43.5 Å². The molecule has 6 nitrogen and oxygen atoms in total. The van der Waals surface area contributed by atoms with Crippen molar-refractivity contribution in [1.29, 1.82) is 0 Å². The van der Waals surface area contributed by atoms with Gasteiger partial charge in [0.25, 0.3) is 5.91 Å². The number of rotatable bonds is 4. The Hall–Kier alpha value is -1.95. The third-order valence-corrected chi connectivity index (χ3v) is 3.91. The molecule has 1 fully saturated rings. The van der Waals surface area contributed by atoms with Crippen molar-refractivity contribution < 1.29 is 4.79 Å². The molecule has 0 spiro atoms. The normalized spacial score (nSPS) is 18.8. The minimum absolute atomic E-state index is 0.0558. The van der Waals surface area contributed by atoms with Crippen molar-refractivity contribution in [3.63, 3.8) is 0 Å². The number of aromatic nitrogens is 3.